The van der Waals surface area contributed by atoms with E-state index in [4.69, 9.17) is 5.73 Å². The van der Waals surface area contributed by atoms with Crippen LogP contribution < -0.4 is 11.1 Å². The second kappa shape index (κ2) is 5.99. The summed E-state index contributed by atoms with van der Waals surface area (Å²) in [6, 6.07) is 1.28. The third-order valence-corrected chi connectivity index (χ3v) is 3.36. The van der Waals surface area contributed by atoms with E-state index >= 15 is 0 Å². The lowest BCUT2D eigenvalue weighted by atomic mass is 10.0. The van der Waals surface area contributed by atoms with E-state index in [1.165, 1.54) is 25.8 Å². The number of likely N-dealkylation sites (tertiary alicyclic amines) is 1. The molecule has 96 valence electrons. The minimum Gasteiger partial charge on any atom is -0.324 e. The molecule has 1 rings (SSSR count). The van der Waals surface area contributed by atoms with Crippen LogP contribution in [-0.4, -0.2) is 42.2 Å². The average Bonchev–Trinajstić information content (AvgIpc) is 2.18. The van der Waals surface area contributed by atoms with E-state index in [1.807, 2.05) is 0 Å². The van der Waals surface area contributed by atoms with Gasteiger partial charge in [0, 0.05) is 30.7 Å². The van der Waals surface area contributed by atoms with E-state index < -0.39 is 0 Å². The number of hydrogen-bond donors (Lipinski definition) is 2. The summed E-state index contributed by atoms with van der Waals surface area (Å²) in [4.78, 5) is 2.60. The van der Waals surface area contributed by atoms with Gasteiger partial charge in [0.2, 0.25) is 0 Å². The fraction of sp³-hybridized carbons (Fsp3) is 1.00. The summed E-state index contributed by atoms with van der Waals surface area (Å²) < 4.78 is 0. The van der Waals surface area contributed by atoms with Crippen molar-refractivity contribution in [1.82, 2.24) is 10.2 Å². The SMILES string of the molecule is CC(CN1CCCCC1C)NCC(C)(C)N. The van der Waals surface area contributed by atoms with Crippen molar-refractivity contribution in [3.8, 4) is 0 Å². The zero-order valence-electron chi connectivity index (χ0n) is 11.4. The Labute approximate surface area is 101 Å². The summed E-state index contributed by atoms with van der Waals surface area (Å²) in [5, 5.41) is 3.52. The highest BCUT2D eigenvalue weighted by molar-refractivity contribution is 4.80. The van der Waals surface area contributed by atoms with E-state index in [0.29, 0.717) is 6.04 Å². The monoisotopic (exact) mass is 227 g/mol. The molecule has 0 saturated carbocycles. The predicted molar refractivity (Wildman–Crippen MR) is 70.6 cm³/mol. The molecule has 3 N–H and O–H groups in total. The molecule has 1 saturated heterocycles. The summed E-state index contributed by atoms with van der Waals surface area (Å²) in [7, 11) is 0. The van der Waals surface area contributed by atoms with Crippen molar-refractivity contribution in [2.45, 2.75) is 64.6 Å². The number of nitrogens with one attached hydrogen (secondary N) is 1. The lowest BCUT2D eigenvalue weighted by molar-refractivity contribution is 0.146. The van der Waals surface area contributed by atoms with Crippen molar-refractivity contribution in [2.24, 2.45) is 5.73 Å². The maximum absolute atomic E-state index is 5.97. The Bertz CT molecular complexity index is 198. The van der Waals surface area contributed by atoms with E-state index in [2.05, 4.69) is 37.9 Å². The Morgan fingerprint density at radius 3 is 2.69 bits per heavy atom. The van der Waals surface area contributed by atoms with Crippen LogP contribution in [0, 0.1) is 0 Å². The number of nitrogens with zero attached hydrogens (tertiary/aromatic N) is 1. The summed E-state index contributed by atoms with van der Waals surface area (Å²) in [6.45, 7) is 12.0. The van der Waals surface area contributed by atoms with Crippen LogP contribution in [0.1, 0.15) is 47.0 Å². The Hall–Kier alpha value is -0.120. The molecule has 1 heterocycles. The van der Waals surface area contributed by atoms with Crippen molar-refractivity contribution >= 4 is 0 Å². The molecule has 0 radical (unpaired) electrons. The normalized spacial score (nSPS) is 25.7. The van der Waals surface area contributed by atoms with Gasteiger partial charge in [-0.2, -0.15) is 0 Å². The minimum atomic E-state index is -0.109. The summed E-state index contributed by atoms with van der Waals surface area (Å²) >= 11 is 0. The largest absolute Gasteiger partial charge is 0.324 e. The fourth-order valence-electron chi connectivity index (χ4n) is 2.28. The fourth-order valence-corrected chi connectivity index (χ4v) is 2.28. The molecule has 2 atom stereocenters. The third-order valence-electron chi connectivity index (χ3n) is 3.36. The van der Waals surface area contributed by atoms with Crippen molar-refractivity contribution in [3.63, 3.8) is 0 Å². The minimum absolute atomic E-state index is 0.109. The molecule has 0 aromatic rings. The van der Waals surface area contributed by atoms with E-state index in [0.717, 1.165) is 19.1 Å². The van der Waals surface area contributed by atoms with Gasteiger partial charge >= 0.3 is 0 Å². The Kier molecular flexibility index (Phi) is 5.22. The first kappa shape index (κ1) is 13.9. The van der Waals surface area contributed by atoms with E-state index in [9.17, 15) is 0 Å². The second-order valence-electron chi connectivity index (χ2n) is 6.11. The molecule has 0 aromatic carbocycles. The molecule has 3 heteroatoms. The van der Waals surface area contributed by atoms with Crippen LogP contribution in [0.4, 0.5) is 0 Å². The van der Waals surface area contributed by atoms with Crippen LogP contribution in [0.2, 0.25) is 0 Å². The molecule has 0 amide bonds. The van der Waals surface area contributed by atoms with Gasteiger partial charge in [0.05, 0.1) is 0 Å². The highest BCUT2D eigenvalue weighted by Gasteiger charge is 2.20. The first-order valence-electron chi connectivity index (χ1n) is 6.65. The van der Waals surface area contributed by atoms with Gasteiger partial charge < -0.3 is 11.1 Å². The molecule has 0 spiro atoms. The molecule has 1 aliphatic heterocycles. The highest BCUT2D eigenvalue weighted by Crippen LogP contribution is 2.16. The average molecular weight is 227 g/mol. The van der Waals surface area contributed by atoms with Crippen LogP contribution >= 0.6 is 0 Å². The van der Waals surface area contributed by atoms with E-state index in [1.54, 1.807) is 0 Å². The Morgan fingerprint density at radius 1 is 1.44 bits per heavy atom. The topological polar surface area (TPSA) is 41.3 Å². The quantitative estimate of drug-likeness (QED) is 0.749. The van der Waals surface area contributed by atoms with Gasteiger partial charge in [-0.3, -0.25) is 4.90 Å². The first-order valence-corrected chi connectivity index (χ1v) is 6.65. The Morgan fingerprint density at radius 2 is 2.12 bits per heavy atom. The molecular weight excluding hydrogens is 198 g/mol. The van der Waals surface area contributed by atoms with E-state index in [-0.39, 0.29) is 5.54 Å². The van der Waals surface area contributed by atoms with Gasteiger partial charge in [0.1, 0.15) is 0 Å². The molecule has 0 aromatic heterocycles. The van der Waals surface area contributed by atoms with Crippen LogP contribution in [0.25, 0.3) is 0 Å². The predicted octanol–water partition coefficient (Wildman–Crippen LogP) is 1.58. The zero-order chi connectivity index (χ0) is 12.2. The number of piperidine rings is 1. The summed E-state index contributed by atoms with van der Waals surface area (Å²) in [5.74, 6) is 0. The van der Waals surface area contributed by atoms with Crippen molar-refractivity contribution in [1.29, 1.82) is 0 Å². The van der Waals surface area contributed by atoms with Gasteiger partial charge in [-0.05, 0) is 47.1 Å². The van der Waals surface area contributed by atoms with Gasteiger partial charge in [-0.1, -0.05) is 6.42 Å². The van der Waals surface area contributed by atoms with Crippen LogP contribution in [0.5, 0.6) is 0 Å². The van der Waals surface area contributed by atoms with Crippen molar-refractivity contribution < 1.29 is 0 Å². The van der Waals surface area contributed by atoms with Gasteiger partial charge in [-0.25, -0.2) is 0 Å². The molecular formula is C13H29N3. The third kappa shape index (κ3) is 5.28. The lowest BCUT2D eigenvalue weighted by Gasteiger charge is -2.36. The molecule has 1 fully saturated rings. The van der Waals surface area contributed by atoms with Crippen LogP contribution in [0.3, 0.4) is 0 Å². The zero-order valence-corrected chi connectivity index (χ0v) is 11.4. The second-order valence-corrected chi connectivity index (χ2v) is 6.11. The molecule has 16 heavy (non-hydrogen) atoms. The van der Waals surface area contributed by atoms with Crippen LogP contribution in [0.15, 0.2) is 0 Å². The molecule has 1 aliphatic rings. The summed E-state index contributed by atoms with van der Waals surface area (Å²) in [5.41, 5.74) is 5.86. The van der Waals surface area contributed by atoms with Crippen molar-refractivity contribution in [2.75, 3.05) is 19.6 Å². The molecule has 0 aliphatic carbocycles. The van der Waals surface area contributed by atoms with Gasteiger partial charge in [-0.15, -0.1) is 0 Å². The number of nitrogens with two attached hydrogens (primary N) is 1. The standard InChI is InChI=1S/C13H29N3/c1-11(15-10-13(3,4)14)9-16-8-6-5-7-12(16)2/h11-12,15H,5-10,14H2,1-4H3. The van der Waals surface area contributed by atoms with Gasteiger partial charge in [0.25, 0.3) is 0 Å². The smallest absolute Gasteiger partial charge is 0.0223 e. The lowest BCUT2D eigenvalue weighted by Crippen LogP contribution is -2.50. The van der Waals surface area contributed by atoms with Crippen LogP contribution in [-0.2, 0) is 0 Å². The maximum atomic E-state index is 5.97. The highest BCUT2D eigenvalue weighted by atomic mass is 15.2. The molecule has 0 bridgehead atoms. The molecule has 3 nitrogen and oxygen atoms in total. The maximum Gasteiger partial charge on any atom is 0.0223 e. The molecule has 2 unspecified atom stereocenters. The Balaban J connectivity index is 2.24. The number of rotatable bonds is 5. The summed E-state index contributed by atoms with van der Waals surface area (Å²) in [6.07, 6.45) is 4.11. The number of hydrogen-bond acceptors (Lipinski definition) is 3. The van der Waals surface area contributed by atoms with Gasteiger partial charge in [0.15, 0.2) is 0 Å². The first-order chi connectivity index (χ1) is 7.38. The van der Waals surface area contributed by atoms with Crippen molar-refractivity contribution in [3.05, 3.63) is 0 Å².